The van der Waals surface area contributed by atoms with E-state index in [4.69, 9.17) is 11.6 Å². The molecular weight excluding hydrogens is 434 g/mol. The summed E-state index contributed by atoms with van der Waals surface area (Å²) >= 11 is 7.18. The average Bonchev–Trinajstić information content (AvgIpc) is 3.44. The lowest BCUT2D eigenvalue weighted by Gasteiger charge is -2.23. The topological polar surface area (TPSA) is 87.2 Å². The van der Waals surface area contributed by atoms with Crippen LogP contribution in [0.3, 0.4) is 0 Å². The van der Waals surface area contributed by atoms with Gasteiger partial charge >= 0.3 is 6.03 Å². The van der Waals surface area contributed by atoms with E-state index in [-0.39, 0.29) is 23.0 Å². The fourth-order valence-electron chi connectivity index (χ4n) is 3.54. The molecule has 1 aliphatic heterocycles. The highest BCUT2D eigenvalue weighted by Gasteiger charge is 2.33. The number of hydrogen-bond acceptors (Lipinski definition) is 5. The second-order valence-corrected chi connectivity index (χ2v) is 8.67. The number of carbonyl (C=O) groups is 2. The molecule has 0 unspecified atom stereocenters. The van der Waals surface area contributed by atoms with Crippen LogP contribution < -0.4 is 10.6 Å². The van der Waals surface area contributed by atoms with E-state index in [0.29, 0.717) is 28.8 Å². The van der Waals surface area contributed by atoms with E-state index < -0.39 is 0 Å². The van der Waals surface area contributed by atoms with Gasteiger partial charge in [-0.3, -0.25) is 4.79 Å². The maximum atomic E-state index is 12.7. The Morgan fingerprint density at radius 1 is 1.13 bits per heavy atom. The molecule has 1 fully saturated rings. The number of nitrogens with zero attached hydrogens (tertiary/aromatic N) is 3. The molecule has 31 heavy (non-hydrogen) atoms. The summed E-state index contributed by atoms with van der Waals surface area (Å²) in [6.07, 6.45) is 2.47. The van der Waals surface area contributed by atoms with Crippen LogP contribution in [0.4, 0.5) is 10.5 Å². The molecule has 1 aromatic heterocycles. The number of rotatable bonds is 6. The minimum atomic E-state index is -0.345. The van der Waals surface area contributed by atoms with Crippen molar-refractivity contribution in [2.75, 3.05) is 18.4 Å². The molecule has 0 aliphatic carbocycles. The summed E-state index contributed by atoms with van der Waals surface area (Å²) < 4.78 is 0. The van der Waals surface area contributed by atoms with Gasteiger partial charge < -0.3 is 15.5 Å². The van der Waals surface area contributed by atoms with Gasteiger partial charge in [0.15, 0.2) is 0 Å². The summed E-state index contributed by atoms with van der Waals surface area (Å²) in [5.41, 5.74) is 1.77. The summed E-state index contributed by atoms with van der Waals surface area (Å²) in [5, 5.41) is 15.5. The predicted molar refractivity (Wildman–Crippen MR) is 122 cm³/mol. The highest BCUT2D eigenvalue weighted by molar-refractivity contribution is 7.13. The van der Waals surface area contributed by atoms with Gasteiger partial charge in [-0.2, -0.15) is 0 Å². The van der Waals surface area contributed by atoms with Gasteiger partial charge in [0.1, 0.15) is 5.01 Å². The van der Waals surface area contributed by atoms with E-state index in [9.17, 15) is 9.59 Å². The number of likely N-dealkylation sites (tertiary alicyclic amines) is 1. The number of benzene rings is 2. The van der Waals surface area contributed by atoms with Gasteiger partial charge in [0.05, 0.1) is 6.04 Å². The molecule has 160 valence electrons. The van der Waals surface area contributed by atoms with Crippen molar-refractivity contribution in [1.29, 1.82) is 0 Å². The molecule has 1 aliphatic rings. The molecule has 0 saturated carbocycles. The molecule has 4 rings (SSSR count). The average molecular weight is 456 g/mol. The van der Waals surface area contributed by atoms with Gasteiger partial charge in [-0.25, -0.2) is 4.79 Å². The smallest absolute Gasteiger partial charge is 0.318 e. The van der Waals surface area contributed by atoms with E-state index >= 15 is 0 Å². The normalized spacial score (nSPS) is 15.6. The van der Waals surface area contributed by atoms with E-state index in [0.717, 1.165) is 19.3 Å². The van der Waals surface area contributed by atoms with Crippen LogP contribution >= 0.6 is 22.9 Å². The third-order valence-electron chi connectivity index (χ3n) is 5.05. The number of carbonyl (C=O) groups excluding carboxylic acids is 2. The Bertz CT molecular complexity index is 1060. The zero-order chi connectivity index (χ0) is 21.6. The molecule has 1 saturated heterocycles. The van der Waals surface area contributed by atoms with E-state index in [1.54, 1.807) is 29.2 Å². The van der Waals surface area contributed by atoms with Gasteiger partial charge in [-0.15, -0.1) is 10.2 Å². The van der Waals surface area contributed by atoms with Gasteiger partial charge in [0.25, 0.3) is 5.91 Å². The molecular formula is C22H22ClN5O2S. The number of amides is 3. The van der Waals surface area contributed by atoms with Gasteiger partial charge in [-0.05, 0) is 43.0 Å². The van der Waals surface area contributed by atoms with E-state index in [2.05, 4.69) is 20.8 Å². The number of urea groups is 1. The quantitative estimate of drug-likeness (QED) is 0.571. The van der Waals surface area contributed by atoms with Crippen molar-refractivity contribution in [3.63, 3.8) is 0 Å². The fraction of sp³-hybridized carbons (Fsp3) is 0.273. The first-order valence-corrected chi connectivity index (χ1v) is 11.3. The summed E-state index contributed by atoms with van der Waals surface area (Å²) in [5.74, 6) is -0.345. The lowest BCUT2D eigenvalue weighted by molar-refractivity contribution is 0.102. The van der Waals surface area contributed by atoms with Crippen molar-refractivity contribution < 1.29 is 9.59 Å². The summed E-state index contributed by atoms with van der Waals surface area (Å²) in [4.78, 5) is 27.0. The van der Waals surface area contributed by atoms with Crippen LogP contribution in [0, 0.1) is 0 Å². The highest BCUT2D eigenvalue weighted by atomic mass is 35.5. The maximum Gasteiger partial charge on any atom is 0.318 e. The third kappa shape index (κ3) is 5.39. The molecule has 0 radical (unpaired) electrons. The maximum absolute atomic E-state index is 12.7. The van der Waals surface area contributed by atoms with Crippen molar-refractivity contribution >= 4 is 40.6 Å². The van der Waals surface area contributed by atoms with Crippen LogP contribution in [-0.2, 0) is 6.42 Å². The second-order valence-electron chi connectivity index (χ2n) is 7.23. The molecule has 7 nitrogen and oxygen atoms in total. The molecule has 9 heteroatoms. The number of aromatic nitrogens is 2. The first-order chi connectivity index (χ1) is 15.1. The summed E-state index contributed by atoms with van der Waals surface area (Å²) in [7, 11) is 0. The zero-order valence-electron chi connectivity index (χ0n) is 16.8. The van der Waals surface area contributed by atoms with E-state index in [1.165, 1.54) is 16.9 Å². The van der Waals surface area contributed by atoms with Crippen LogP contribution in [0.1, 0.15) is 39.3 Å². The van der Waals surface area contributed by atoms with Crippen LogP contribution in [0.2, 0.25) is 5.02 Å². The minimum Gasteiger partial charge on any atom is -0.338 e. The Labute approximate surface area is 189 Å². The third-order valence-corrected chi connectivity index (χ3v) is 6.31. The Hall–Kier alpha value is -2.97. The highest BCUT2D eigenvalue weighted by Crippen LogP contribution is 2.33. The molecule has 2 aromatic carbocycles. The Balaban J connectivity index is 1.35. The minimum absolute atomic E-state index is 0.112. The van der Waals surface area contributed by atoms with Crippen molar-refractivity contribution in [2.24, 2.45) is 0 Å². The fourth-order valence-corrected chi connectivity index (χ4v) is 4.61. The van der Waals surface area contributed by atoms with Crippen molar-refractivity contribution in [3.05, 3.63) is 75.2 Å². The zero-order valence-corrected chi connectivity index (χ0v) is 18.3. The predicted octanol–water partition coefficient (Wildman–Crippen LogP) is 4.53. The van der Waals surface area contributed by atoms with Crippen molar-refractivity contribution in [1.82, 2.24) is 20.4 Å². The van der Waals surface area contributed by atoms with Gasteiger partial charge in [0.2, 0.25) is 5.01 Å². The molecule has 3 amide bonds. The lowest BCUT2D eigenvalue weighted by atomic mass is 10.1. The number of hydrogen-bond donors (Lipinski definition) is 2. The number of halogens is 1. The van der Waals surface area contributed by atoms with Gasteiger partial charge in [-0.1, -0.05) is 59.3 Å². The summed E-state index contributed by atoms with van der Waals surface area (Å²) in [6.45, 7) is 1.22. The Morgan fingerprint density at radius 2 is 1.97 bits per heavy atom. The van der Waals surface area contributed by atoms with Crippen LogP contribution in [0.25, 0.3) is 0 Å². The molecule has 2 N–H and O–H groups in total. The van der Waals surface area contributed by atoms with E-state index in [1.807, 2.05) is 30.3 Å². The Morgan fingerprint density at radius 3 is 2.77 bits per heavy atom. The first-order valence-electron chi connectivity index (χ1n) is 10.1. The SMILES string of the molecule is O=C(Nc1cccc(Cl)c1)c1nnc([C@@H]2CCCN2C(=O)NCCc2ccccc2)s1. The molecule has 2 heterocycles. The first kappa shape index (κ1) is 21.3. The van der Waals surface area contributed by atoms with Crippen molar-refractivity contribution in [2.45, 2.75) is 25.3 Å². The van der Waals surface area contributed by atoms with Crippen molar-refractivity contribution in [3.8, 4) is 0 Å². The number of anilines is 1. The second kappa shape index (κ2) is 9.89. The van der Waals surface area contributed by atoms with Crippen LogP contribution in [0.15, 0.2) is 54.6 Å². The molecule has 1 atom stereocenters. The molecule has 0 spiro atoms. The standard InChI is InChI=1S/C22H22ClN5O2S/c23-16-8-4-9-17(14-16)25-19(29)21-27-26-20(31-21)18-10-5-13-28(18)22(30)24-12-11-15-6-2-1-3-7-15/h1-4,6-9,14,18H,5,10-13H2,(H,24,30)(H,25,29)/t18-/m0/s1. The summed E-state index contributed by atoms with van der Waals surface area (Å²) in [6, 6.07) is 16.7. The largest absolute Gasteiger partial charge is 0.338 e. The Kier molecular flexibility index (Phi) is 6.79. The monoisotopic (exact) mass is 455 g/mol. The number of nitrogens with one attached hydrogen (secondary N) is 2. The molecule has 0 bridgehead atoms. The lowest BCUT2D eigenvalue weighted by Crippen LogP contribution is -2.40. The van der Waals surface area contributed by atoms with Gasteiger partial charge in [0, 0.05) is 23.8 Å². The molecule has 3 aromatic rings. The van der Waals surface area contributed by atoms with Crippen LogP contribution in [0.5, 0.6) is 0 Å². The van der Waals surface area contributed by atoms with Crippen LogP contribution in [-0.4, -0.2) is 40.1 Å².